The number of amidine groups is 1. The van der Waals surface area contributed by atoms with Gasteiger partial charge >= 0.3 is 0 Å². The van der Waals surface area contributed by atoms with E-state index in [1.807, 2.05) is 25.2 Å². The molecule has 0 amide bonds. The van der Waals surface area contributed by atoms with Crippen LogP contribution in [0.5, 0.6) is 0 Å². The van der Waals surface area contributed by atoms with E-state index in [1.54, 1.807) is 0 Å². The van der Waals surface area contributed by atoms with E-state index in [1.165, 1.54) is 17.7 Å². The first-order valence-electron chi connectivity index (χ1n) is 9.78. The molecule has 2 aliphatic rings. The summed E-state index contributed by atoms with van der Waals surface area (Å²) in [5.74, 6) is -1.15. The molecule has 0 aliphatic carbocycles. The number of halogens is 2. The second kappa shape index (κ2) is 8.27. The third-order valence-electron chi connectivity index (χ3n) is 5.34. The van der Waals surface area contributed by atoms with Crippen LogP contribution in [0.4, 0.5) is 8.78 Å². The van der Waals surface area contributed by atoms with Crippen molar-refractivity contribution in [3.8, 4) is 0 Å². The van der Waals surface area contributed by atoms with Gasteiger partial charge in [-0.2, -0.15) is 0 Å². The Balaban J connectivity index is 1.76. The summed E-state index contributed by atoms with van der Waals surface area (Å²) in [4.78, 5) is 8.87. The predicted molar refractivity (Wildman–Crippen MR) is 105 cm³/mol. The Kier molecular flexibility index (Phi) is 5.57. The minimum absolute atomic E-state index is 0.333. The molecule has 28 heavy (non-hydrogen) atoms. The van der Waals surface area contributed by atoms with Crippen LogP contribution in [0.15, 0.2) is 47.5 Å². The highest BCUT2D eigenvalue weighted by Gasteiger charge is 2.32. The lowest BCUT2D eigenvalue weighted by Crippen LogP contribution is -2.43. The number of rotatable bonds is 1. The normalized spacial score (nSPS) is 22.9. The van der Waals surface area contributed by atoms with Crippen LogP contribution in [0.1, 0.15) is 35.6 Å². The smallest absolute Gasteiger partial charge is 0.289 e. The number of benzene rings is 2. The Morgan fingerprint density at radius 1 is 1.04 bits per heavy atom. The Bertz CT molecular complexity index is 850. The monoisotopic (exact) mass is 385 g/mol. The molecule has 2 heterocycles. The van der Waals surface area contributed by atoms with Gasteiger partial charge in [-0.1, -0.05) is 24.3 Å². The first-order valence-corrected chi connectivity index (χ1v) is 9.78. The van der Waals surface area contributed by atoms with Crippen molar-refractivity contribution >= 4 is 6.02 Å². The van der Waals surface area contributed by atoms with E-state index in [-0.39, 0.29) is 6.04 Å². The number of hydrogen-bond acceptors (Lipinski definition) is 4. The molecule has 6 heteroatoms. The van der Waals surface area contributed by atoms with Crippen molar-refractivity contribution in [1.82, 2.24) is 9.80 Å². The van der Waals surface area contributed by atoms with E-state index in [2.05, 4.69) is 15.9 Å². The Morgan fingerprint density at radius 3 is 2.64 bits per heavy atom. The van der Waals surface area contributed by atoms with Gasteiger partial charge < -0.3 is 9.64 Å². The van der Waals surface area contributed by atoms with Gasteiger partial charge in [0.2, 0.25) is 0 Å². The van der Waals surface area contributed by atoms with E-state index in [0.29, 0.717) is 31.4 Å². The van der Waals surface area contributed by atoms with Crippen molar-refractivity contribution in [3.63, 3.8) is 0 Å². The number of nitrogens with zero attached hydrogens (tertiary/aromatic N) is 3. The molecule has 2 aromatic carbocycles. The highest BCUT2D eigenvalue weighted by molar-refractivity contribution is 5.75. The SMILES string of the molecule is CN1CCCC/N=C(/N2CCc3ccccc3[C@H]2c2cc(F)cc(F)c2)OC1. The molecule has 0 radical (unpaired) electrons. The fraction of sp³-hybridized carbons (Fsp3) is 0.409. The van der Waals surface area contributed by atoms with Gasteiger partial charge in [0.15, 0.2) is 0 Å². The lowest BCUT2D eigenvalue weighted by molar-refractivity contribution is 0.112. The lowest BCUT2D eigenvalue weighted by Gasteiger charge is -2.39. The van der Waals surface area contributed by atoms with E-state index in [9.17, 15) is 8.78 Å². The number of fused-ring (bicyclic) bond motifs is 1. The van der Waals surface area contributed by atoms with E-state index in [4.69, 9.17) is 9.73 Å². The molecular weight excluding hydrogens is 360 g/mol. The molecule has 0 bridgehead atoms. The molecule has 4 nitrogen and oxygen atoms in total. The van der Waals surface area contributed by atoms with Gasteiger partial charge in [0, 0.05) is 25.7 Å². The quantitative estimate of drug-likeness (QED) is 0.744. The van der Waals surface area contributed by atoms with Gasteiger partial charge in [-0.3, -0.25) is 4.90 Å². The van der Waals surface area contributed by atoms with Crippen molar-refractivity contribution in [2.45, 2.75) is 25.3 Å². The zero-order valence-electron chi connectivity index (χ0n) is 16.1. The van der Waals surface area contributed by atoms with Gasteiger partial charge in [0.1, 0.15) is 18.4 Å². The van der Waals surface area contributed by atoms with Gasteiger partial charge in [0.25, 0.3) is 6.02 Å². The summed E-state index contributed by atoms with van der Waals surface area (Å²) in [7, 11) is 2.02. The Morgan fingerprint density at radius 2 is 1.82 bits per heavy atom. The largest absolute Gasteiger partial charge is 0.449 e. The summed E-state index contributed by atoms with van der Waals surface area (Å²) in [6.45, 7) is 2.78. The fourth-order valence-electron chi connectivity index (χ4n) is 3.99. The van der Waals surface area contributed by atoms with Crippen molar-refractivity contribution in [2.24, 2.45) is 4.99 Å². The molecular formula is C22H25F2N3O. The molecule has 0 saturated carbocycles. The van der Waals surface area contributed by atoms with Crippen LogP contribution in [0.2, 0.25) is 0 Å². The minimum atomic E-state index is -0.574. The standard InChI is InChI=1S/C22H25F2N3O/c1-26-10-5-4-9-25-22(28-15-26)27-11-8-16-6-2-3-7-20(16)21(27)17-12-18(23)14-19(24)13-17/h2-3,6-7,12-14,21H,4-5,8-11,15H2,1H3/b25-22-/t21-/m1/s1. The maximum Gasteiger partial charge on any atom is 0.289 e. The van der Waals surface area contributed by atoms with E-state index >= 15 is 0 Å². The first kappa shape index (κ1) is 18.9. The number of aliphatic imine (C=N–C) groups is 1. The molecule has 0 unspecified atom stereocenters. The summed E-state index contributed by atoms with van der Waals surface area (Å²) < 4.78 is 34.1. The molecule has 2 aliphatic heterocycles. The third kappa shape index (κ3) is 4.02. The van der Waals surface area contributed by atoms with Crippen molar-refractivity contribution in [2.75, 3.05) is 33.4 Å². The fourth-order valence-corrected chi connectivity index (χ4v) is 3.99. The van der Waals surface area contributed by atoms with Gasteiger partial charge in [-0.15, -0.1) is 0 Å². The van der Waals surface area contributed by atoms with E-state index < -0.39 is 11.6 Å². The van der Waals surface area contributed by atoms with Gasteiger partial charge in [-0.25, -0.2) is 13.8 Å². The molecule has 2 aromatic rings. The maximum absolute atomic E-state index is 14.0. The van der Waals surface area contributed by atoms with Crippen molar-refractivity contribution in [3.05, 3.63) is 70.8 Å². The summed E-state index contributed by atoms with van der Waals surface area (Å²) in [5, 5.41) is 0. The molecule has 0 fully saturated rings. The molecule has 0 N–H and O–H groups in total. The molecule has 148 valence electrons. The minimum Gasteiger partial charge on any atom is -0.449 e. The van der Waals surface area contributed by atoms with Crippen molar-refractivity contribution < 1.29 is 13.5 Å². The molecule has 0 aromatic heterocycles. The average Bonchev–Trinajstić information content (AvgIpc) is 2.78. The highest BCUT2D eigenvalue weighted by Crippen LogP contribution is 2.36. The molecule has 4 rings (SSSR count). The Hall–Kier alpha value is -2.47. The van der Waals surface area contributed by atoms with Crippen LogP contribution in [0.3, 0.4) is 0 Å². The Labute approximate surface area is 164 Å². The van der Waals surface area contributed by atoms with Gasteiger partial charge in [-0.05, 0) is 55.1 Å². The zero-order valence-corrected chi connectivity index (χ0v) is 16.1. The van der Waals surface area contributed by atoms with Crippen LogP contribution in [0.25, 0.3) is 0 Å². The lowest BCUT2D eigenvalue weighted by atomic mass is 9.88. The van der Waals surface area contributed by atoms with E-state index in [0.717, 1.165) is 37.4 Å². The molecule has 0 saturated heterocycles. The average molecular weight is 385 g/mol. The summed E-state index contributed by atoms with van der Waals surface area (Å²) in [6.07, 6.45) is 2.89. The van der Waals surface area contributed by atoms with Crippen LogP contribution in [-0.2, 0) is 11.2 Å². The summed E-state index contributed by atoms with van der Waals surface area (Å²) in [6, 6.07) is 12.0. The highest BCUT2D eigenvalue weighted by atomic mass is 19.1. The summed E-state index contributed by atoms with van der Waals surface area (Å²) in [5.41, 5.74) is 2.80. The number of hydrogen-bond donors (Lipinski definition) is 0. The maximum atomic E-state index is 14.0. The summed E-state index contributed by atoms with van der Waals surface area (Å²) >= 11 is 0. The van der Waals surface area contributed by atoms with Crippen LogP contribution in [0, 0.1) is 11.6 Å². The molecule has 0 spiro atoms. The first-order chi connectivity index (χ1) is 13.6. The number of ether oxygens (including phenoxy) is 1. The van der Waals surface area contributed by atoms with Crippen LogP contribution < -0.4 is 0 Å². The molecule has 1 atom stereocenters. The second-order valence-corrected chi connectivity index (χ2v) is 7.47. The van der Waals surface area contributed by atoms with Crippen LogP contribution >= 0.6 is 0 Å². The van der Waals surface area contributed by atoms with Crippen molar-refractivity contribution in [1.29, 1.82) is 0 Å². The topological polar surface area (TPSA) is 28.1 Å². The van der Waals surface area contributed by atoms with Crippen LogP contribution in [-0.4, -0.2) is 49.2 Å². The zero-order chi connectivity index (χ0) is 19.5. The second-order valence-electron chi connectivity index (χ2n) is 7.47. The third-order valence-corrected chi connectivity index (χ3v) is 5.34. The van der Waals surface area contributed by atoms with Gasteiger partial charge in [0.05, 0.1) is 6.04 Å². The predicted octanol–water partition coefficient (Wildman–Crippen LogP) is 3.97.